The molecule has 0 heterocycles. The van der Waals surface area contributed by atoms with Crippen molar-refractivity contribution < 1.29 is 13.9 Å². The lowest BCUT2D eigenvalue weighted by atomic mass is 10.2. The Balaban J connectivity index is 1.87. The zero-order valence-corrected chi connectivity index (χ0v) is 12.5. The van der Waals surface area contributed by atoms with Gasteiger partial charge in [0.25, 0.3) is 0 Å². The molecule has 4 heteroatoms. The quantitative estimate of drug-likeness (QED) is 0.707. The Kier molecular flexibility index (Phi) is 5.44. The van der Waals surface area contributed by atoms with E-state index in [4.69, 9.17) is 9.47 Å². The molecule has 0 bridgehead atoms. The topological polar surface area (TPSA) is 18.5 Å². The van der Waals surface area contributed by atoms with Crippen molar-refractivity contribution in [3.05, 3.63) is 57.7 Å². The number of hydrogen-bond acceptors (Lipinski definition) is 2. The van der Waals surface area contributed by atoms with Crippen molar-refractivity contribution in [2.75, 3.05) is 13.3 Å². The number of rotatable bonds is 6. The van der Waals surface area contributed by atoms with Crippen LogP contribution in [-0.4, -0.2) is 13.3 Å². The van der Waals surface area contributed by atoms with Crippen LogP contribution in [0, 0.1) is 3.57 Å². The van der Waals surface area contributed by atoms with Crippen LogP contribution in [0.25, 0.3) is 0 Å². The summed E-state index contributed by atoms with van der Waals surface area (Å²) in [5, 5.41) is 0. The van der Waals surface area contributed by atoms with Gasteiger partial charge in [-0.05, 0) is 64.6 Å². The average Bonchev–Trinajstić information content (AvgIpc) is 2.46. The third kappa shape index (κ3) is 4.70. The number of benzene rings is 2. The number of hydrogen-bond donors (Lipinski definition) is 0. The van der Waals surface area contributed by atoms with E-state index in [1.807, 2.05) is 36.4 Å². The van der Waals surface area contributed by atoms with Crippen LogP contribution >= 0.6 is 22.6 Å². The highest BCUT2D eigenvalue weighted by Crippen LogP contribution is 2.19. The van der Waals surface area contributed by atoms with E-state index in [9.17, 15) is 4.39 Å². The molecule has 2 nitrogen and oxygen atoms in total. The maximum atomic E-state index is 11.9. The first-order valence-electron chi connectivity index (χ1n) is 5.94. The van der Waals surface area contributed by atoms with Gasteiger partial charge in [0.2, 0.25) is 0 Å². The highest BCUT2D eigenvalue weighted by atomic mass is 127. The van der Waals surface area contributed by atoms with E-state index in [1.165, 1.54) is 3.57 Å². The molecule has 0 aromatic heterocycles. The van der Waals surface area contributed by atoms with Gasteiger partial charge in [0, 0.05) is 3.57 Å². The minimum absolute atomic E-state index is 0.0862. The van der Waals surface area contributed by atoms with E-state index in [2.05, 4.69) is 22.6 Å². The molecule has 0 aliphatic rings. The molecule has 0 aliphatic heterocycles. The van der Waals surface area contributed by atoms with Gasteiger partial charge in [-0.1, -0.05) is 12.1 Å². The molecule has 2 aromatic rings. The normalized spacial score (nSPS) is 10.2. The monoisotopic (exact) mass is 372 g/mol. The largest absolute Gasteiger partial charge is 0.491 e. The van der Waals surface area contributed by atoms with Gasteiger partial charge in [-0.2, -0.15) is 0 Å². The first-order valence-corrected chi connectivity index (χ1v) is 7.02. The van der Waals surface area contributed by atoms with Crippen molar-refractivity contribution in [2.24, 2.45) is 0 Å². The van der Waals surface area contributed by atoms with Crippen LogP contribution in [-0.2, 0) is 6.61 Å². The summed E-state index contributed by atoms with van der Waals surface area (Å²) in [6.45, 7) is 0.134. The molecule has 2 aromatic carbocycles. The van der Waals surface area contributed by atoms with E-state index in [1.54, 1.807) is 12.1 Å². The Labute approximate surface area is 125 Å². The summed E-state index contributed by atoms with van der Waals surface area (Å²) in [6, 6.07) is 15.4. The molecule has 0 radical (unpaired) electrons. The SMILES string of the molecule is FCCOc1ccc(OCc2ccc(I)cc2)cc1. The Hall–Kier alpha value is -1.30. The fourth-order valence-corrected chi connectivity index (χ4v) is 1.90. The number of alkyl halides is 1. The van der Waals surface area contributed by atoms with E-state index >= 15 is 0 Å². The fraction of sp³-hybridized carbons (Fsp3) is 0.200. The Morgan fingerprint density at radius 2 is 1.42 bits per heavy atom. The van der Waals surface area contributed by atoms with E-state index in [-0.39, 0.29) is 6.61 Å². The number of halogens is 2. The maximum Gasteiger partial charge on any atom is 0.123 e. The highest BCUT2D eigenvalue weighted by Gasteiger charge is 1.98. The molecule has 0 amide bonds. The summed E-state index contributed by atoms with van der Waals surface area (Å²) in [5.41, 5.74) is 1.12. The Morgan fingerprint density at radius 1 is 0.842 bits per heavy atom. The van der Waals surface area contributed by atoms with Crippen molar-refractivity contribution >= 4 is 22.6 Å². The zero-order valence-electron chi connectivity index (χ0n) is 10.3. The molecule has 0 unspecified atom stereocenters. The van der Waals surface area contributed by atoms with Gasteiger partial charge >= 0.3 is 0 Å². The minimum atomic E-state index is -0.481. The van der Waals surface area contributed by atoms with Crippen LogP contribution in [0.2, 0.25) is 0 Å². The molecule has 0 N–H and O–H groups in total. The van der Waals surface area contributed by atoms with Crippen molar-refractivity contribution in [3.8, 4) is 11.5 Å². The predicted molar refractivity (Wildman–Crippen MR) is 81.4 cm³/mol. The van der Waals surface area contributed by atoms with Crippen LogP contribution in [0.15, 0.2) is 48.5 Å². The third-order valence-electron chi connectivity index (χ3n) is 2.49. The van der Waals surface area contributed by atoms with Crippen molar-refractivity contribution in [2.45, 2.75) is 6.61 Å². The molecule has 0 saturated carbocycles. The lowest BCUT2D eigenvalue weighted by Gasteiger charge is -2.08. The molecular weight excluding hydrogens is 358 g/mol. The van der Waals surface area contributed by atoms with Gasteiger partial charge < -0.3 is 9.47 Å². The van der Waals surface area contributed by atoms with Crippen molar-refractivity contribution in [1.82, 2.24) is 0 Å². The summed E-state index contributed by atoms with van der Waals surface area (Å²) < 4.78 is 24.0. The van der Waals surface area contributed by atoms with Crippen LogP contribution in [0.1, 0.15) is 5.56 Å². The van der Waals surface area contributed by atoms with Crippen molar-refractivity contribution in [1.29, 1.82) is 0 Å². The second-order valence-corrected chi connectivity index (χ2v) is 5.17. The first-order chi connectivity index (χ1) is 9.28. The van der Waals surface area contributed by atoms with Crippen LogP contribution < -0.4 is 9.47 Å². The van der Waals surface area contributed by atoms with Crippen LogP contribution in [0.4, 0.5) is 4.39 Å². The molecule has 0 fully saturated rings. The average molecular weight is 372 g/mol. The zero-order chi connectivity index (χ0) is 13.5. The molecule has 0 aliphatic carbocycles. The van der Waals surface area contributed by atoms with Gasteiger partial charge in [-0.25, -0.2) is 4.39 Å². The molecule has 0 saturated heterocycles. The minimum Gasteiger partial charge on any atom is -0.491 e. The third-order valence-corrected chi connectivity index (χ3v) is 3.21. The fourth-order valence-electron chi connectivity index (χ4n) is 1.54. The summed E-state index contributed by atoms with van der Waals surface area (Å²) in [6.07, 6.45) is 0. The molecule has 0 spiro atoms. The first kappa shape index (κ1) is 14.1. The van der Waals surface area contributed by atoms with Crippen molar-refractivity contribution in [3.63, 3.8) is 0 Å². The summed E-state index contributed by atoms with van der Waals surface area (Å²) in [4.78, 5) is 0. The Bertz CT molecular complexity index is 497. The summed E-state index contributed by atoms with van der Waals surface area (Å²) in [5.74, 6) is 1.42. The second kappa shape index (κ2) is 7.33. The molecule has 100 valence electrons. The Morgan fingerprint density at radius 3 is 2.00 bits per heavy atom. The van der Waals surface area contributed by atoms with Gasteiger partial charge in [0.15, 0.2) is 0 Å². The maximum absolute atomic E-state index is 11.9. The lowest BCUT2D eigenvalue weighted by Crippen LogP contribution is -1.99. The smallest absolute Gasteiger partial charge is 0.123 e. The molecule has 0 atom stereocenters. The van der Waals surface area contributed by atoms with Crippen LogP contribution in [0.5, 0.6) is 11.5 Å². The predicted octanol–water partition coefficient (Wildman–Crippen LogP) is 4.22. The standard InChI is InChI=1S/C15H14FIO2/c16-9-10-18-14-5-7-15(8-6-14)19-11-12-1-3-13(17)4-2-12/h1-8H,9-11H2. The van der Waals surface area contributed by atoms with Gasteiger partial charge in [0.1, 0.15) is 31.4 Å². The highest BCUT2D eigenvalue weighted by molar-refractivity contribution is 14.1. The summed E-state index contributed by atoms with van der Waals surface area (Å²) >= 11 is 2.27. The van der Waals surface area contributed by atoms with E-state index in [0.717, 1.165) is 11.3 Å². The number of ether oxygens (including phenoxy) is 2. The second-order valence-electron chi connectivity index (χ2n) is 3.92. The van der Waals surface area contributed by atoms with Gasteiger partial charge in [-0.15, -0.1) is 0 Å². The molecule has 2 rings (SSSR count). The lowest BCUT2D eigenvalue weighted by molar-refractivity contribution is 0.271. The summed E-state index contributed by atoms with van der Waals surface area (Å²) in [7, 11) is 0. The van der Waals surface area contributed by atoms with Crippen LogP contribution in [0.3, 0.4) is 0 Å². The van der Waals surface area contributed by atoms with E-state index in [0.29, 0.717) is 12.4 Å². The molecule has 19 heavy (non-hydrogen) atoms. The van der Waals surface area contributed by atoms with E-state index < -0.39 is 6.67 Å². The van der Waals surface area contributed by atoms with Gasteiger partial charge in [0.05, 0.1) is 0 Å². The molecular formula is C15H14FIO2. The van der Waals surface area contributed by atoms with Gasteiger partial charge in [-0.3, -0.25) is 0 Å².